The second-order valence-corrected chi connectivity index (χ2v) is 4.57. The lowest BCUT2D eigenvalue weighted by molar-refractivity contribution is 0.0115. The van der Waals surface area contributed by atoms with E-state index in [4.69, 9.17) is 13.9 Å². The molecule has 0 amide bonds. The van der Waals surface area contributed by atoms with E-state index in [2.05, 4.69) is 4.98 Å². The van der Waals surface area contributed by atoms with Gasteiger partial charge in [-0.3, -0.25) is 0 Å². The fourth-order valence-electron chi connectivity index (χ4n) is 1.81. The van der Waals surface area contributed by atoms with Crippen LogP contribution < -0.4 is 0 Å². The summed E-state index contributed by atoms with van der Waals surface area (Å²) < 4.78 is 15.5. The number of ether oxygens (including phenoxy) is 2. The van der Waals surface area contributed by atoms with Crippen LogP contribution in [-0.2, 0) is 9.47 Å². The van der Waals surface area contributed by atoms with E-state index < -0.39 is 5.97 Å². The van der Waals surface area contributed by atoms with E-state index in [1.54, 1.807) is 14.0 Å². The van der Waals surface area contributed by atoms with Crippen molar-refractivity contribution in [2.24, 2.45) is 0 Å². The second-order valence-electron chi connectivity index (χ2n) is 4.57. The third kappa shape index (κ3) is 3.24. The normalized spacial score (nSPS) is 12.2. The van der Waals surface area contributed by atoms with Crippen molar-refractivity contribution >= 4 is 5.97 Å². The van der Waals surface area contributed by atoms with Gasteiger partial charge < -0.3 is 13.9 Å². The van der Waals surface area contributed by atoms with Crippen LogP contribution >= 0.6 is 0 Å². The topological polar surface area (TPSA) is 61.6 Å². The minimum atomic E-state index is -0.515. The summed E-state index contributed by atoms with van der Waals surface area (Å²) in [6, 6.07) is 7.65. The molecule has 0 bridgehead atoms. The Bertz CT molecular complexity index is 574. The fraction of sp³-hybridized carbons (Fsp3) is 0.333. The van der Waals surface area contributed by atoms with Crippen molar-refractivity contribution in [1.82, 2.24) is 4.98 Å². The highest BCUT2D eigenvalue weighted by atomic mass is 16.6. The molecule has 1 heterocycles. The van der Waals surface area contributed by atoms with E-state index in [1.807, 2.05) is 31.2 Å². The van der Waals surface area contributed by atoms with Crippen molar-refractivity contribution in [2.45, 2.75) is 20.0 Å². The van der Waals surface area contributed by atoms with Gasteiger partial charge in [-0.15, -0.1) is 0 Å². The van der Waals surface area contributed by atoms with Crippen LogP contribution in [0, 0.1) is 6.92 Å². The molecule has 2 rings (SSSR count). The molecule has 0 aliphatic carbocycles. The molecule has 1 aromatic carbocycles. The quantitative estimate of drug-likeness (QED) is 0.785. The Labute approximate surface area is 117 Å². The van der Waals surface area contributed by atoms with Crippen LogP contribution in [0.5, 0.6) is 0 Å². The van der Waals surface area contributed by atoms with Gasteiger partial charge in [0.2, 0.25) is 0 Å². The Morgan fingerprint density at radius 1 is 1.35 bits per heavy atom. The third-order valence-electron chi connectivity index (χ3n) is 2.78. The molecular formula is C15H17NO4. The molecule has 1 aromatic heterocycles. The van der Waals surface area contributed by atoms with Crippen LogP contribution in [0.2, 0.25) is 0 Å². The lowest BCUT2D eigenvalue weighted by Gasteiger charge is -2.11. The summed E-state index contributed by atoms with van der Waals surface area (Å²) in [5.41, 5.74) is 2.10. The average Bonchev–Trinajstić information content (AvgIpc) is 2.89. The number of rotatable bonds is 5. The number of aryl methyl sites for hydroxylation is 1. The maximum atomic E-state index is 12.1. The monoisotopic (exact) mass is 275 g/mol. The fourth-order valence-corrected chi connectivity index (χ4v) is 1.81. The van der Waals surface area contributed by atoms with Gasteiger partial charge in [0.05, 0.1) is 6.61 Å². The molecule has 0 spiro atoms. The van der Waals surface area contributed by atoms with Gasteiger partial charge in [0.1, 0.15) is 6.10 Å². The maximum Gasteiger partial charge on any atom is 0.361 e. The first kappa shape index (κ1) is 14.3. The number of nitrogens with zero attached hydrogens (tertiary/aromatic N) is 1. The van der Waals surface area contributed by atoms with Crippen molar-refractivity contribution in [1.29, 1.82) is 0 Å². The van der Waals surface area contributed by atoms with E-state index >= 15 is 0 Å². The summed E-state index contributed by atoms with van der Waals surface area (Å²) >= 11 is 0. The number of aromatic nitrogens is 1. The molecule has 5 nitrogen and oxygen atoms in total. The number of benzene rings is 1. The summed E-state index contributed by atoms with van der Waals surface area (Å²) in [7, 11) is 1.55. The number of hydrogen-bond acceptors (Lipinski definition) is 5. The molecule has 106 valence electrons. The highest BCUT2D eigenvalue weighted by Gasteiger charge is 2.21. The van der Waals surface area contributed by atoms with Crippen molar-refractivity contribution in [2.75, 3.05) is 13.7 Å². The van der Waals surface area contributed by atoms with Crippen molar-refractivity contribution in [3.63, 3.8) is 0 Å². The van der Waals surface area contributed by atoms with Crippen LogP contribution in [0.3, 0.4) is 0 Å². The third-order valence-corrected chi connectivity index (χ3v) is 2.78. The second kappa shape index (κ2) is 6.34. The molecule has 1 atom stereocenters. The minimum Gasteiger partial charge on any atom is -0.455 e. The average molecular weight is 275 g/mol. The number of carbonyl (C=O) groups is 1. The number of carbonyl (C=O) groups excluding carboxylic acids is 1. The highest BCUT2D eigenvalue weighted by molar-refractivity contribution is 5.93. The lowest BCUT2D eigenvalue weighted by atomic mass is 10.1. The predicted molar refractivity (Wildman–Crippen MR) is 73.4 cm³/mol. The van der Waals surface area contributed by atoms with Crippen molar-refractivity contribution in [3.05, 3.63) is 41.9 Å². The summed E-state index contributed by atoms with van der Waals surface area (Å²) in [6.07, 6.45) is 0.905. The Balaban J connectivity index is 2.20. The van der Waals surface area contributed by atoms with Crippen LogP contribution in [0.15, 0.2) is 35.1 Å². The van der Waals surface area contributed by atoms with E-state index in [9.17, 15) is 4.79 Å². The standard InChI is InChI=1S/C15H17NO4/c1-10-4-6-12(7-5-10)14-13(16-9-19-14)15(17)20-11(2)8-18-3/h4-7,9,11H,8H2,1-3H3. The molecule has 5 heteroatoms. The van der Waals surface area contributed by atoms with Gasteiger partial charge in [-0.25, -0.2) is 9.78 Å². The van der Waals surface area contributed by atoms with E-state index in [0.717, 1.165) is 11.1 Å². The van der Waals surface area contributed by atoms with Crippen LogP contribution in [0.25, 0.3) is 11.3 Å². The summed E-state index contributed by atoms with van der Waals surface area (Å²) in [4.78, 5) is 16.0. The molecule has 2 aromatic rings. The Kier molecular flexibility index (Phi) is 4.53. The van der Waals surface area contributed by atoms with Crippen LogP contribution in [-0.4, -0.2) is 30.8 Å². The highest BCUT2D eigenvalue weighted by Crippen LogP contribution is 2.24. The molecule has 1 unspecified atom stereocenters. The van der Waals surface area contributed by atoms with Gasteiger partial charge in [-0.1, -0.05) is 29.8 Å². The minimum absolute atomic E-state index is 0.178. The molecule has 20 heavy (non-hydrogen) atoms. The summed E-state index contributed by atoms with van der Waals surface area (Å²) in [5, 5.41) is 0. The zero-order valence-electron chi connectivity index (χ0n) is 11.8. The predicted octanol–water partition coefficient (Wildman–Crippen LogP) is 2.84. The first-order valence-electron chi connectivity index (χ1n) is 6.32. The van der Waals surface area contributed by atoms with E-state index in [1.165, 1.54) is 6.39 Å². The molecule has 0 saturated carbocycles. The van der Waals surface area contributed by atoms with Gasteiger partial charge in [0, 0.05) is 12.7 Å². The molecule has 0 N–H and O–H groups in total. The Morgan fingerprint density at radius 3 is 2.70 bits per heavy atom. The van der Waals surface area contributed by atoms with Gasteiger partial charge >= 0.3 is 5.97 Å². The molecular weight excluding hydrogens is 258 g/mol. The van der Waals surface area contributed by atoms with Crippen molar-refractivity contribution in [3.8, 4) is 11.3 Å². The maximum absolute atomic E-state index is 12.1. The van der Waals surface area contributed by atoms with Gasteiger partial charge in [0.15, 0.2) is 17.8 Å². The summed E-state index contributed by atoms with van der Waals surface area (Å²) in [5.74, 6) is -0.0986. The van der Waals surface area contributed by atoms with E-state index in [-0.39, 0.29) is 11.8 Å². The first-order chi connectivity index (χ1) is 9.61. The lowest BCUT2D eigenvalue weighted by Crippen LogP contribution is -2.20. The van der Waals surface area contributed by atoms with E-state index in [0.29, 0.717) is 12.4 Å². The number of hydrogen-bond donors (Lipinski definition) is 0. The van der Waals surface area contributed by atoms with Gasteiger partial charge in [0.25, 0.3) is 0 Å². The molecule has 0 aliphatic rings. The number of oxazole rings is 1. The number of methoxy groups -OCH3 is 1. The van der Waals surface area contributed by atoms with Gasteiger partial charge in [-0.05, 0) is 13.8 Å². The SMILES string of the molecule is COCC(C)OC(=O)c1ncoc1-c1ccc(C)cc1. The smallest absolute Gasteiger partial charge is 0.361 e. The number of esters is 1. The summed E-state index contributed by atoms with van der Waals surface area (Å²) in [6.45, 7) is 4.09. The van der Waals surface area contributed by atoms with Crippen LogP contribution in [0.4, 0.5) is 0 Å². The first-order valence-corrected chi connectivity index (χ1v) is 6.32. The molecule has 0 fully saturated rings. The van der Waals surface area contributed by atoms with Crippen molar-refractivity contribution < 1.29 is 18.7 Å². The largest absolute Gasteiger partial charge is 0.455 e. The zero-order chi connectivity index (χ0) is 14.5. The Morgan fingerprint density at radius 2 is 2.05 bits per heavy atom. The van der Waals surface area contributed by atoms with Crippen LogP contribution in [0.1, 0.15) is 23.0 Å². The Hall–Kier alpha value is -2.14. The molecule has 0 saturated heterocycles. The zero-order valence-corrected chi connectivity index (χ0v) is 11.8. The molecule has 0 radical (unpaired) electrons. The molecule has 0 aliphatic heterocycles. The van der Waals surface area contributed by atoms with Gasteiger partial charge in [-0.2, -0.15) is 0 Å².